The summed E-state index contributed by atoms with van der Waals surface area (Å²) in [6.45, 7) is 0. The van der Waals surface area contributed by atoms with Crippen LogP contribution in [0.2, 0.25) is 0 Å². The molecule has 2 heterocycles. The number of ether oxygens (including phenoxy) is 1. The third-order valence-electron chi connectivity index (χ3n) is 4.69. The molecule has 25 heavy (non-hydrogen) atoms. The molecule has 2 aromatic heterocycles. The number of amides is 1. The van der Waals surface area contributed by atoms with Gasteiger partial charge < -0.3 is 15.0 Å². The van der Waals surface area contributed by atoms with Crippen molar-refractivity contribution in [1.82, 2.24) is 20.3 Å². The van der Waals surface area contributed by atoms with Crippen molar-refractivity contribution in [2.75, 3.05) is 0 Å². The van der Waals surface area contributed by atoms with Crippen molar-refractivity contribution < 1.29 is 9.53 Å². The van der Waals surface area contributed by atoms with E-state index < -0.39 is 0 Å². The summed E-state index contributed by atoms with van der Waals surface area (Å²) in [6, 6.07) is 8.22. The number of H-pyrrole nitrogens is 1. The van der Waals surface area contributed by atoms with E-state index in [1.165, 1.54) is 6.33 Å². The normalized spacial score (nSPS) is 20.3. The summed E-state index contributed by atoms with van der Waals surface area (Å²) in [7, 11) is 0. The molecule has 1 aliphatic rings. The van der Waals surface area contributed by atoms with Crippen molar-refractivity contribution in [2.24, 2.45) is 0 Å². The van der Waals surface area contributed by atoms with E-state index in [-0.39, 0.29) is 18.1 Å². The van der Waals surface area contributed by atoms with Gasteiger partial charge in [-0.05, 0) is 37.8 Å². The lowest BCUT2D eigenvalue weighted by Gasteiger charge is -2.29. The van der Waals surface area contributed by atoms with E-state index in [4.69, 9.17) is 4.74 Å². The van der Waals surface area contributed by atoms with Gasteiger partial charge in [0.15, 0.2) is 0 Å². The molecule has 1 fully saturated rings. The molecule has 1 amide bonds. The Hall–Kier alpha value is -2.89. The summed E-state index contributed by atoms with van der Waals surface area (Å²) in [5.74, 6) is 0.813. The van der Waals surface area contributed by atoms with Crippen molar-refractivity contribution >= 4 is 16.7 Å². The second kappa shape index (κ2) is 6.93. The number of rotatable bonds is 4. The Morgan fingerprint density at radius 3 is 2.80 bits per heavy atom. The summed E-state index contributed by atoms with van der Waals surface area (Å²) in [4.78, 5) is 22.9. The molecule has 0 spiro atoms. The fraction of sp³-hybridized carbons (Fsp3) is 0.316. The fourth-order valence-corrected chi connectivity index (χ4v) is 3.34. The van der Waals surface area contributed by atoms with Crippen LogP contribution in [-0.2, 0) is 0 Å². The molecule has 0 saturated heterocycles. The van der Waals surface area contributed by atoms with Gasteiger partial charge in [-0.2, -0.15) is 0 Å². The quantitative estimate of drug-likeness (QED) is 0.767. The summed E-state index contributed by atoms with van der Waals surface area (Å²) >= 11 is 0. The van der Waals surface area contributed by atoms with Crippen molar-refractivity contribution in [3.05, 3.63) is 54.9 Å². The zero-order chi connectivity index (χ0) is 17.1. The molecule has 128 valence electrons. The highest BCUT2D eigenvalue weighted by atomic mass is 16.5. The first kappa shape index (κ1) is 15.6. The number of pyridine rings is 1. The number of nitrogens with one attached hydrogen (secondary N) is 2. The minimum atomic E-state index is -0.0941. The monoisotopic (exact) mass is 336 g/mol. The van der Waals surface area contributed by atoms with Crippen LogP contribution in [0.15, 0.2) is 49.2 Å². The van der Waals surface area contributed by atoms with Gasteiger partial charge in [0, 0.05) is 29.2 Å². The highest BCUT2D eigenvalue weighted by Crippen LogP contribution is 2.29. The number of carbonyl (C=O) groups is 1. The number of fused-ring (bicyclic) bond motifs is 1. The number of nitrogens with zero attached hydrogens (tertiary/aromatic N) is 2. The summed E-state index contributed by atoms with van der Waals surface area (Å²) in [6.07, 6.45) is 10.6. The Bertz CT molecular complexity index is 850. The lowest BCUT2D eigenvalue weighted by atomic mass is 9.92. The molecule has 0 unspecified atom stereocenters. The molecule has 1 aromatic carbocycles. The Kier molecular flexibility index (Phi) is 4.33. The van der Waals surface area contributed by atoms with Crippen LogP contribution in [0, 0.1) is 0 Å². The number of imidazole rings is 1. The third kappa shape index (κ3) is 3.47. The van der Waals surface area contributed by atoms with Crippen molar-refractivity contribution in [2.45, 2.75) is 37.8 Å². The molecule has 0 bridgehead atoms. The number of hydrogen-bond acceptors (Lipinski definition) is 4. The van der Waals surface area contributed by atoms with Crippen LogP contribution in [0.25, 0.3) is 10.8 Å². The van der Waals surface area contributed by atoms with Gasteiger partial charge in [-0.25, -0.2) is 4.98 Å². The van der Waals surface area contributed by atoms with Crippen LogP contribution in [0.4, 0.5) is 0 Å². The Balaban J connectivity index is 1.35. The van der Waals surface area contributed by atoms with E-state index in [1.807, 2.05) is 30.5 Å². The second-order valence-electron chi connectivity index (χ2n) is 6.38. The predicted molar refractivity (Wildman–Crippen MR) is 94.5 cm³/mol. The van der Waals surface area contributed by atoms with Crippen molar-refractivity contribution in [3.8, 4) is 5.75 Å². The maximum atomic E-state index is 12.1. The summed E-state index contributed by atoms with van der Waals surface area (Å²) in [5.41, 5.74) is 0.503. The molecular weight excluding hydrogens is 316 g/mol. The lowest BCUT2D eigenvalue weighted by molar-refractivity contribution is 0.0890. The van der Waals surface area contributed by atoms with Gasteiger partial charge in [0.1, 0.15) is 11.4 Å². The number of hydrogen-bond donors (Lipinski definition) is 2. The van der Waals surface area contributed by atoms with E-state index in [1.54, 1.807) is 12.4 Å². The van der Waals surface area contributed by atoms with Crippen LogP contribution < -0.4 is 10.1 Å². The Morgan fingerprint density at radius 1 is 1.12 bits per heavy atom. The van der Waals surface area contributed by atoms with Gasteiger partial charge in [-0.15, -0.1) is 0 Å². The zero-order valence-corrected chi connectivity index (χ0v) is 13.8. The molecule has 0 atom stereocenters. The van der Waals surface area contributed by atoms with Crippen molar-refractivity contribution in [3.63, 3.8) is 0 Å². The Labute approximate surface area is 145 Å². The van der Waals surface area contributed by atoms with E-state index in [0.29, 0.717) is 5.69 Å². The fourth-order valence-electron chi connectivity index (χ4n) is 3.34. The molecule has 1 saturated carbocycles. The van der Waals surface area contributed by atoms with Gasteiger partial charge in [0.05, 0.1) is 18.6 Å². The smallest absolute Gasteiger partial charge is 0.269 e. The molecule has 3 aromatic rings. The molecule has 6 nitrogen and oxygen atoms in total. The minimum Gasteiger partial charge on any atom is -0.490 e. The van der Waals surface area contributed by atoms with Gasteiger partial charge in [0.25, 0.3) is 5.91 Å². The minimum absolute atomic E-state index is 0.0941. The molecule has 4 rings (SSSR count). The SMILES string of the molecule is O=C(NC1CCC(Oc2cccc3cnccc23)CC1)c1cnc[nH]1. The molecule has 6 heteroatoms. The molecule has 1 aliphatic carbocycles. The zero-order valence-electron chi connectivity index (χ0n) is 13.8. The Morgan fingerprint density at radius 2 is 2.00 bits per heavy atom. The number of carbonyl (C=O) groups excluding carboxylic acids is 1. The van der Waals surface area contributed by atoms with E-state index >= 15 is 0 Å². The van der Waals surface area contributed by atoms with Crippen LogP contribution >= 0.6 is 0 Å². The average Bonchev–Trinajstić information content (AvgIpc) is 3.19. The predicted octanol–water partition coefficient (Wildman–Crippen LogP) is 3.08. The van der Waals surface area contributed by atoms with Gasteiger partial charge in [-0.3, -0.25) is 9.78 Å². The van der Waals surface area contributed by atoms with E-state index in [2.05, 4.69) is 20.3 Å². The lowest BCUT2D eigenvalue weighted by Crippen LogP contribution is -2.39. The summed E-state index contributed by atoms with van der Waals surface area (Å²) < 4.78 is 6.24. The van der Waals surface area contributed by atoms with Crippen molar-refractivity contribution in [1.29, 1.82) is 0 Å². The first-order valence-electron chi connectivity index (χ1n) is 8.58. The largest absolute Gasteiger partial charge is 0.490 e. The standard InChI is InChI=1S/C19H20N4O2/c24-19(17-11-21-12-22-17)23-14-4-6-15(7-5-14)25-18-3-1-2-13-10-20-9-8-16(13)18/h1-3,8-12,14-15H,4-7H2,(H,21,22)(H,23,24). The number of benzene rings is 1. The summed E-state index contributed by atoms with van der Waals surface area (Å²) in [5, 5.41) is 5.24. The molecule has 0 aliphatic heterocycles. The maximum Gasteiger partial charge on any atom is 0.269 e. The van der Waals surface area contributed by atoms with Crippen LogP contribution in [0.1, 0.15) is 36.2 Å². The average molecular weight is 336 g/mol. The molecule has 2 N–H and O–H groups in total. The topological polar surface area (TPSA) is 79.9 Å². The molecular formula is C19H20N4O2. The number of aromatic nitrogens is 3. The first-order chi connectivity index (χ1) is 12.3. The van der Waals surface area contributed by atoms with Crippen LogP contribution in [0.3, 0.4) is 0 Å². The molecule has 0 radical (unpaired) electrons. The highest BCUT2D eigenvalue weighted by molar-refractivity contribution is 5.92. The highest BCUT2D eigenvalue weighted by Gasteiger charge is 2.24. The van der Waals surface area contributed by atoms with E-state index in [0.717, 1.165) is 42.2 Å². The first-order valence-corrected chi connectivity index (χ1v) is 8.58. The van der Waals surface area contributed by atoms with Gasteiger partial charge in [0.2, 0.25) is 0 Å². The van der Waals surface area contributed by atoms with Crippen LogP contribution in [-0.4, -0.2) is 33.0 Å². The maximum absolute atomic E-state index is 12.1. The number of aromatic amines is 1. The van der Waals surface area contributed by atoms with Gasteiger partial charge >= 0.3 is 0 Å². The van der Waals surface area contributed by atoms with Gasteiger partial charge in [-0.1, -0.05) is 12.1 Å². The van der Waals surface area contributed by atoms with E-state index in [9.17, 15) is 4.79 Å². The van der Waals surface area contributed by atoms with Crippen LogP contribution in [0.5, 0.6) is 5.75 Å². The third-order valence-corrected chi connectivity index (χ3v) is 4.69. The second-order valence-corrected chi connectivity index (χ2v) is 6.38.